The van der Waals surface area contributed by atoms with Crippen molar-refractivity contribution in [2.75, 3.05) is 0 Å². The molecule has 0 radical (unpaired) electrons. The van der Waals surface area contributed by atoms with Crippen molar-refractivity contribution >= 4 is 23.2 Å². The van der Waals surface area contributed by atoms with E-state index in [0.29, 0.717) is 17.0 Å². The Bertz CT molecular complexity index is 1130. The van der Waals surface area contributed by atoms with Crippen LogP contribution < -0.4 is 5.32 Å². The van der Waals surface area contributed by atoms with Gasteiger partial charge in [0.2, 0.25) is 5.91 Å². The number of hydrogen-bond donors (Lipinski definition) is 1. The number of nitrogens with zero attached hydrogens (tertiary/aromatic N) is 3. The second kappa shape index (κ2) is 7.60. The zero-order valence-electron chi connectivity index (χ0n) is 18.0. The summed E-state index contributed by atoms with van der Waals surface area (Å²) < 4.78 is 15.4. The summed E-state index contributed by atoms with van der Waals surface area (Å²) in [5.41, 5.74) is 0.0720. The quantitative estimate of drug-likeness (QED) is 0.665. The number of carbonyl (C=O) groups excluding carboxylic acids is 2. The first-order valence-corrected chi connectivity index (χ1v) is 11.0. The van der Waals surface area contributed by atoms with Gasteiger partial charge in [0, 0.05) is 12.1 Å². The number of fused-ring (bicyclic) bond motifs is 1. The fourth-order valence-corrected chi connectivity index (χ4v) is 4.41. The van der Waals surface area contributed by atoms with Gasteiger partial charge in [-0.25, -0.2) is 4.39 Å². The third kappa shape index (κ3) is 4.12. The van der Waals surface area contributed by atoms with Gasteiger partial charge in [0.1, 0.15) is 22.7 Å². The van der Waals surface area contributed by atoms with E-state index >= 15 is 0 Å². The molecule has 0 saturated heterocycles. The number of thiophene rings is 1. The lowest BCUT2D eigenvalue weighted by Gasteiger charge is -2.44. The predicted molar refractivity (Wildman–Crippen MR) is 118 cm³/mol. The smallest absolute Gasteiger partial charge is 0.273 e. The normalized spacial score (nSPS) is 18.7. The number of aromatic nitrogens is 2. The van der Waals surface area contributed by atoms with E-state index in [2.05, 4.69) is 10.4 Å². The molecular formula is C23H25FN4O2S. The summed E-state index contributed by atoms with van der Waals surface area (Å²) in [4.78, 5) is 29.4. The van der Waals surface area contributed by atoms with E-state index in [1.54, 1.807) is 29.8 Å². The highest BCUT2D eigenvalue weighted by Gasteiger charge is 2.48. The summed E-state index contributed by atoms with van der Waals surface area (Å²) in [5, 5.41) is 9.56. The molecule has 0 bridgehead atoms. The number of nitrogens with one attached hydrogen (secondary N) is 1. The molecular weight excluding hydrogens is 415 g/mol. The summed E-state index contributed by atoms with van der Waals surface area (Å²) >= 11 is 1.54. The number of carbonyl (C=O) groups is 2. The maximum Gasteiger partial charge on any atom is 0.273 e. The predicted octanol–water partition coefficient (Wildman–Crippen LogP) is 4.08. The number of amides is 2. The summed E-state index contributed by atoms with van der Waals surface area (Å²) in [6, 6.07) is 11.7. The topological polar surface area (TPSA) is 67.2 Å². The van der Waals surface area contributed by atoms with Gasteiger partial charge in [-0.05, 0) is 62.9 Å². The molecule has 0 spiro atoms. The van der Waals surface area contributed by atoms with E-state index in [-0.39, 0.29) is 30.7 Å². The Hall–Kier alpha value is -3.00. The number of benzene rings is 1. The van der Waals surface area contributed by atoms with E-state index in [0.717, 1.165) is 4.88 Å². The van der Waals surface area contributed by atoms with Crippen molar-refractivity contribution in [1.29, 1.82) is 0 Å². The first-order chi connectivity index (χ1) is 14.6. The van der Waals surface area contributed by atoms with Crippen molar-refractivity contribution in [3.63, 3.8) is 0 Å². The van der Waals surface area contributed by atoms with Crippen LogP contribution in [-0.4, -0.2) is 37.6 Å². The zero-order chi connectivity index (χ0) is 22.4. The van der Waals surface area contributed by atoms with E-state index in [9.17, 15) is 14.0 Å². The molecule has 0 aliphatic carbocycles. The summed E-state index contributed by atoms with van der Waals surface area (Å²) in [6.07, 6.45) is 0. The van der Waals surface area contributed by atoms with Crippen LogP contribution in [0.1, 0.15) is 43.7 Å². The van der Waals surface area contributed by atoms with Crippen LogP contribution in [0.2, 0.25) is 0 Å². The van der Waals surface area contributed by atoms with Gasteiger partial charge in [0.15, 0.2) is 0 Å². The maximum absolute atomic E-state index is 13.8. The van der Waals surface area contributed by atoms with Crippen molar-refractivity contribution in [2.45, 2.75) is 51.9 Å². The third-order valence-corrected chi connectivity index (χ3v) is 6.17. The van der Waals surface area contributed by atoms with Gasteiger partial charge in [-0.3, -0.25) is 14.3 Å². The van der Waals surface area contributed by atoms with E-state index in [1.807, 2.05) is 38.3 Å². The van der Waals surface area contributed by atoms with Crippen LogP contribution >= 0.6 is 11.3 Å². The molecule has 1 atom stereocenters. The van der Waals surface area contributed by atoms with Crippen LogP contribution in [0.5, 0.6) is 0 Å². The maximum atomic E-state index is 13.8. The van der Waals surface area contributed by atoms with Gasteiger partial charge < -0.3 is 10.2 Å². The zero-order valence-corrected chi connectivity index (χ0v) is 18.8. The highest BCUT2D eigenvalue weighted by molar-refractivity contribution is 7.13. The van der Waals surface area contributed by atoms with Crippen LogP contribution in [0.25, 0.3) is 10.6 Å². The number of hydrogen-bond acceptors (Lipinski definition) is 4. The van der Waals surface area contributed by atoms with Crippen LogP contribution in [0.15, 0.2) is 47.8 Å². The van der Waals surface area contributed by atoms with Crippen molar-refractivity contribution in [3.8, 4) is 10.6 Å². The Balaban J connectivity index is 1.77. The van der Waals surface area contributed by atoms with Crippen molar-refractivity contribution < 1.29 is 14.0 Å². The lowest BCUT2D eigenvalue weighted by Crippen LogP contribution is -2.65. The van der Waals surface area contributed by atoms with Gasteiger partial charge in [-0.2, -0.15) is 5.10 Å². The highest BCUT2D eigenvalue weighted by atomic mass is 32.1. The first-order valence-electron chi connectivity index (χ1n) is 10.1. The largest absolute Gasteiger partial charge is 0.349 e. The number of rotatable bonds is 4. The second-order valence-electron chi connectivity index (χ2n) is 9.05. The van der Waals surface area contributed by atoms with Crippen LogP contribution in [0.3, 0.4) is 0 Å². The average Bonchev–Trinajstić information content (AvgIpc) is 3.33. The minimum absolute atomic E-state index is 0.115. The molecule has 162 valence electrons. The molecule has 0 fully saturated rings. The van der Waals surface area contributed by atoms with Gasteiger partial charge >= 0.3 is 0 Å². The fraction of sp³-hybridized carbons (Fsp3) is 0.348. The van der Waals surface area contributed by atoms with Crippen molar-refractivity contribution in [3.05, 3.63) is 64.9 Å². The summed E-state index contributed by atoms with van der Waals surface area (Å²) in [6.45, 7) is 7.74. The third-order valence-electron chi connectivity index (χ3n) is 5.28. The van der Waals surface area contributed by atoms with Gasteiger partial charge in [-0.15, -0.1) is 11.3 Å². The molecule has 0 saturated carbocycles. The molecule has 8 heteroatoms. The molecule has 1 N–H and O–H groups in total. The molecule has 4 rings (SSSR count). The van der Waals surface area contributed by atoms with Crippen LogP contribution in [-0.2, 0) is 17.9 Å². The molecule has 3 heterocycles. The monoisotopic (exact) mass is 440 g/mol. The first kappa shape index (κ1) is 21.2. The summed E-state index contributed by atoms with van der Waals surface area (Å²) in [5.74, 6) is -0.964. The fourth-order valence-electron chi connectivity index (χ4n) is 3.73. The molecule has 1 aromatic carbocycles. The minimum atomic E-state index is -1.19. The lowest BCUT2D eigenvalue weighted by atomic mass is 9.92. The lowest BCUT2D eigenvalue weighted by molar-refractivity contribution is -0.135. The molecule has 0 unspecified atom stereocenters. The van der Waals surface area contributed by atoms with Gasteiger partial charge in [-0.1, -0.05) is 18.2 Å². The molecule has 3 aromatic rings. The summed E-state index contributed by atoms with van der Waals surface area (Å²) in [7, 11) is 0. The van der Waals surface area contributed by atoms with E-state index < -0.39 is 11.1 Å². The molecule has 31 heavy (non-hydrogen) atoms. The van der Waals surface area contributed by atoms with E-state index in [4.69, 9.17) is 0 Å². The standard InChI is InChI=1S/C23H25FN4O2S/c1-22(2,3)25-21(30)23(4)14-28-18(12-17(26-28)19-9-6-10-31-19)20(29)27(23)13-15-7-5-8-16(24)11-15/h5-12H,13-14H2,1-4H3,(H,25,30)/t23-/m0/s1. The SMILES string of the molecule is CC(C)(C)NC(=O)[C@]1(C)Cn2nc(-c3cccs3)cc2C(=O)N1Cc1cccc(F)c1. The van der Waals surface area contributed by atoms with Crippen LogP contribution in [0.4, 0.5) is 4.39 Å². The molecule has 1 aliphatic rings. The van der Waals surface area contributed by atoms with Crippen molar-refractivity contribution in [2.24, 2.45) is 0 Å². The van der Waals surface area contributed by atoms with E-state index in [1.165, 1.54) is 28.4 Å². The van der Waals surface area contributed by atoms with Crippen molar-refractivity contribution in [1.82, 2.24) is 20.0 Å². The Morgan fingerprint density at radius 2 is 2.03 bits per heavy atom. The molecule has 2 amide bonds. The average molecular weight is 441 g/mol. The molecule has 1 aliphatic heterocycles. The van der Waals surface area contributed by atoms with Gasteiger partial charge in [0.25, 0.3) is 5.91 Å². The molecule has 2 aromatic heterocycles. The Morgan fingerprint density at radius 3 is 2.68 bits per heavy atom. The highest BCUT2D eigenvalue weighted by Crippen LogP contribution is 2.33. The Labute approximate surface area is 184 Å². The Morgan fingerprint density at radius 1 is 1.26 bits per heavy atom. The number of halogens is 1. The Kier molecular flexibility index (Phi) is 5.21. The second-order valence-corrected chi connectivity index (χ2v) is 10.00. The minimum Gasteiger partial charge on any atom is -0.349 e. The van der Waals surface area contributed by atoms with Crippen LogP contribution in [0, 0.1) is 5.82 Å². The van der Waals surface area contributed by atoms with Gasteiger partial charge in [0.05, 0.1) is 11.4 Å². The molecule has 6 nitrogen and oxygen atoms in total.